The first-order valence-corrected chi connectivity index (χ1v) is 5.53. The van der Waals surface area contributed by atoms with Gasteiger partial charge >= 0.3 is 6.09 Å². The smallest absolute Gasteiger partial charge is 0.410 e. The summed E-state index contributed by atoms with van der Waals surface area (Å²) in [5.74, 6) is 0.353. The van der Waals surface area contributed by atoms with E-state index in [2.05, 4.69) is 6.92 Å². The normalized spacial score (nSPS) is 27.7. The number of hydrogen-bond donors (Lipinski definition) is 1. The number of carbonyl (C=O) groups excluding carboxylic acids is 1. The van der Waals surface area contributed by atoms with Crippen LogP contribution in [0.15, 0.2) is 0 Å². The summed E-state index contributed by atoms with van der Waals surface area (Å²) in [6, 6.07) is 0.212. The van der Waals surface area contributed by atoms with E-state index in [0.29, 0.717) is 19.0 Å². The van der Waals surface area contributed by atoms with E-state index in [4.69, 9.17) is 10.5 Å². The summed E-state index contributed by atoms with van der Waals surface area (Å²) in [4.78, 5) is 13.5. The van der Waals surface area contributed by atoms with E-state index >= 15 is 0 Å². The van der Waals surface area contributed by atoms with Crippen molar-refractivity contribution >= 4 is 6.09 Å². The molecule has 0 aromatic heterocycles. The maximum atomic E-state index is 11.7. The fraction of sp³-hybridized carbons (Fsp3) is 0.909. The summed E-state index contributed by atoms with van der Waals surface area (Å²) < 4.78 is 5.31. The highest BCUT2D eigenvalue weighted by atomic mass is 16.6. The van der Waals surface area contributed by atoms with Crippen LogP contribution in [0.1, 0.15) is 34.1 Å². The van der Waals surface area contributed by atoms with Crippen molar-refractivity contribution in [3.8, 4) is 0 Å². The molecule has 1 unspecified atom stereocenters. The van der Waals surface area contributed by atoms with Crippen molar-refractivity contribution in [2.24, 2.45) is 11.7 Å². The minimum atomic E-state index is -0.417. The zero-order valence-electron chi connectivity index (χ0n) is 10.1. The molecule has 0 aromatic carbocycles. The highest BCUT2D eigenvalue weighted by molar-refractivity contribution is 5.68. The molecule has 4 nitrogen and oxygen atoms in total. The van der Waals surface area contributed by atoms with Crippen LogP contribution in [0.2, 0.25) is 0 Å². The number of nitrogens with two attached hydrogens (primary N) is 1. The molecule has 1 heterocycles. The second-order valence-electron chi connectivity index (χ2n) is 5.36. The molecule has 2 atom stereocenters. The van der Waals surface area contributed by atoms with Crippen LogP contribution in [0.3, 0.4) is 0 Å². The molecule has 1 aliphatic rings. The lowest BCUT2D eigenvalue weighted by molar-refractivity contribution is 0.0158. The summed E-state index contributed by atoms with van der Waals surface area (Å²) in [6.45, 7) is 9.12. The molecule has 2 N–H and O–H groups in total. The molecule has 1 rings (SSSR count). The van der Waals surface area contributed by atoms with Crippen LogP contribution in [0.5, 0.6) is 0 Å². The van der Waals surface area contributed by atoms with Crippen molar-refractivity contribution in [2.45, 2.75) is 45.8 Å². The SMILES string of the molecule is C[C@@H]1CN(C(=O)OC(C)(C)C)CCC1N. The summed E-state index contributed by atoms with van der Waals surface area (Å²) in [5, 5.41) is 0. The molecular weight excluding hydrogens is 192 g/mol. The quantitative estimate of drug-likeness (QED) is 0.666. The maximum Gasteiger partial charge on any atom is 0.410 e. The molecule has 1 fully saturated rings. The Morgan fingerprint density at radius 1 is 1.47 bits per heavy atom. The molecule has 0 radical (unpaired) electrons. The highest BCUT2D eigenvalue weighted by Crippen LogP contribution is 2.17. The number of rotatable bonds is 0. The summed E-state index contributed by atoms with van der Waals surface area (Å²) in [7, 11) is 0. The minimum Gasteiger partial charge on any atom is -0.444 e. The third kappa shape index (κ3) is 3.70. The first kappa shape index (κ1) is 12.3. The van der Waals surface area contributed by atoms with E-state index in [1.165, 1.54) is 0 Å². The average Bonchev–Trinajstić information content (AvgIpc) is 2.06. The second-order valence-corrected chi connectivity index (χ2v) is 5.36. The number of nitrogens with zero attached hydrogens (tertiary/aromatic N) is 1. The second kappa shape index (κ2) is 4.39. The standard InChI is InChI=1S/C11H22N2O2/c1-8-7-13(6-5-9(8)12)10(14)15-11(2,3)4/h8-9H,5-7,12H2,1-4H3/t8-,9?/m1/s1. The lowest BCUT2D eigenvalue weighted by Gasteiger charge is -2.35. The van der Waals surface area contributed by atoms with Gasteiger partial charge in [-0.05, 0) is 33.1 Å². The topological polar surface area (TPSA) is 55.6 Å². The number of carbonyl (C=O) groups is 1. The van der Waals surface area contributed by atoms with Crippen molar-refractivity contribution in [1.82, 2.24) is 4.90 Å². The predicted octanol–water partition coefficient (Wildman–Crippen LogP) is 1.59. The van der Waals surface area contributed by atoms with Crippen LogP contribution in [-0.2, 0) is 4.74 Å². The lowest BCUT2D eigenvalue weighted by atomic mass is 9.95. The molecule has 0 aromatic rings. The van der Waals surface area contributed by atoms with Gasteiger partial charge in [-0.3, -0.25) is 0 Å². The van der Waals surface area contributed by atoms with E-state index in [1.807, 2.05) is 20.8 Å². The van der Waals surface area contributed by atoms with Gasteiger partial charge in [-0.1, -0.05) is 6.92 Å². The van der Waals surface area contributed by atoms with Gasteiger partial charge in [0.1, 0.15) is 5.60 Å². The van der Waals surface area contributed by atoms with Crippen molar-refractivity contribution in [3.63, 3.8) is 0 Å². The molecule has 0 bridgehead atoms. The van der Waals surface area contributed by atoms with E-state index in [-0.39, 0.29) is 12.1 Å². The van der Waals surface area contributed by atoms with Gasteiger partial charge in [0.15, 0.2) is 0 Å². The molecule has 0 spiro atoms. The Morgan fingerprint density at radius 3 is 2.53 bits per heavy atom. The molecule has 0 aliphatic carbocycles. The van der Waals surface area contributed by atoms with Crippen LogP contribution < -0.4 is 5.73 Å². The molecule has 1 amide bonds. The monoisotopic (exact) mass is 214 g/mol. The van der Waals surface area contributed by atoms with Gasteiger partial charge in [0.05, 0.1) is 0 Å². The number of ether oxygens (including phenoxy) is 1. The Labute approximate surface area is 91.8 Å². The number of hydrogen-bond acceptors (Lipinski definition) is 3. The Morgan fingerprint density at radius 2 is 2.07 bits per heavy atom. The number of amides is 1. The maximum absolute atomic E-state index is 11.7. The Hall–Kier alpha value is -0.770. The largest absolute Gasteiger partial charge is 0.444 e. The van der Waals surface area contributed by atoms with Gasteiger partial charge < -0.3 is 15.4 Å². The number of piperidine rings is 1. The fourth-order valence-electron chi connectivity index (χ4n) is 1.66. The lowest BCUT2D eigenvalue weighted by Crippen LogP contribution is -2.49. The molecule has 4 heteroatoms. The summed E-state index contributed by atoms with van der Waals surface area (Å²) in [6.07, 6.45) is 0.640. The third-order valence-electron chi connectivity index (χ3n) is 2.62. The van der Waals surface area contributed by atoms with E-state index < -0.39 is 5.60 Å². The van der Waals surface area contributed by atoms with Crippen LogP contribution in [0.4, 0.5) is 4.79 Å². The zero-order valence-corrected chi connectivity index (χ0v) is 10.1. The van der Waals surface area contributed by atoms with Crippen LogP contribution in [0, 0.1) is 5.92 Å². The molecule has 1 aliphatic heterocycles. The zero-order chi connectivity index (χ0) is 11.6. The van der Waals surface area contributed by atoms with Crippen LogP contribution >= 0.6 is 0 Å². The Kier molecular flexibility index (Phi) is 3.60. The highest BCUT2D eigenvalue weighted by Gasteiger charge is 2.29. The van der Waals surface area contributed by atoms with Crippen molar-refractivity contribution < 1.29 is 9.53 Å². The van der Waals surface area contributed by atoms with E-state index in [1.54, 1.807) is 4.90 Å². The van der Waals surface area contributed by atoms with Crippen molar-refractivity contribution in [1.29, 1.82) is 0 Å². The Bertz CT molecular complexity index is 235. The van der Waals surface area contributed by atoms with Crippen LogP contribution in [-0.4, -0.2) is 35.7 Å². The summed E-state index contributed by atoms with van der Waals surface area (Å²) in [5.41, 5.74) is 5.47. The molecule has 15 heavy (non-hydrogen) atoms. The first-order chi connectivity index (χ1) is 6.79. The van der Waals surface area contributed by atoms with Gasteiger partial charge in [-0.25, -0.2) is 4.79 Å². The first-order valence-electron chi connectivity index (χ1n) is 5.53. The predicted molar refractivity (Wildman–Crippen MR) is 59.6 cm³/mol. The fourth-order valence-corrected chi connectivity index (χ4v) is 1.66. The average molecular weight is 214 g/mol. The van der Waals surface area contributed by atoms with Gasteiger partial charge in [-0.15, -0.1) is 0 Å². The van der Waals surface area contributed by atoms with E-state index in [9.17, 15) is 4.79 Å². The molecule has 88 valence electrons. The van der Waals surface area contributed by atoms with Crippen LogP contribution in [0.25, 0.3) is 0 Å². The van der Waals surface area contributed by atoms with Crippen molar-refractivity contribution in [2.75, 3.05) is 13.1 Å². The van der Waals surface area contributed by atoms with E-state index in [0.717, 1.165) is 6.42 Å². The summed E-state index contributed by atoms with van der Waals surface area (Å²) >= 11 is 0. The Balaban J connectivity index is 2.48. The van der Waals surface area contributed by atoms with Gasteiger partial charge in [0.2, 0.25) is 0 Å². The molecule has 1 saturated heterocycles. The molecule has 0 saturated carbocycles. The minimum absolute atomic E-state index is 0.212. The van der Waals surface area contributed by atoms with Crippen molar-refractivity contribution in [3.05, 3.63) is 0 Å². The van der Waals surface area contributed by atoms with Gasteiger partial charge in [0.25, 0.3) is 0 Å². The van der Waals surface area contributed by atoms with Gasteiger partial charge in [-0.2, -0.15) is 0 Å². The third-order valence-corrected chi connectivity index (χ3v) is 2.62. The van der Waals surface area contributed by atoms with Gasteiger partial charge in [0, 0.05) is 19.1 Å². The molecular formula is C11H22N2O2. The number of likely N-dealkylation sites (tertiary alicyclic amines) is 1.